The number of fused-ring (bicyclic) bond motifs is 2. The summed E-state index contributed by atoms with van der Waals surface area (Å²) in [7, 11) is 0. The zero-order valence-corrected chi connectivity index (χ0v) is 16.8. The normalized spacial score (nSPS) is 15.5. The Morgan fingerprint density at radius 3 is 2.70 bits per heavy atom. The van der Waals surface area contributed by atoms with E-state index in [1.54, 1.807) is 15.9 Å². The maximum absolute atomic E-state index is 10.7. The van der Waals surface area contributed by atoms with Gasteiger partial charge in [0.2, 0.25) is 0 Å². The molecule has 0 aromatic carbocycles. The van der Waals surface area contributed by atoms with Gasteiger partial charge in [-0.2, -0.15) is 10.2 Å². The van der Waals surface area contributed by atoms with Crippen molar-refractivity contribution in [1.82, 2.24) is 29.7 Å². The van der Waals surface area contributed by atoms with Gasteiger partial charge >= 0.3 is 0 Å². The van der Waals surface area contributed by atoms with Crippen molar-refractivity contribution in [2.75, 3.05) is 13.1 Å². The number of nitrogens with one attached hydrogen (secondary N) is 1. The molecule has 1 aliphatic heterocycles. The zero-order chi connectivity index (χ0) is 17.8. The van der Waals surface area contributed by atoms with Crippen molar-refractivity contribution in [2.24, 2.45) is 0 Å². The largest absolute Gasteiger partial charge is 0.504 e. The lowest BCUT2D eigenvalue weighted by Crippen LogP contribution is -2.29. The van der Waals surface area contributed by atoms with Gasteiger partial charge < -0.3 is 10.4 Å². The van der Waals surface area contributed by atoms with E-state index in [0.717, 1.165) is 52.4 Å². The Balaban J connectivity index is 0.00000180. The molecule has 0 aliphatic carbocycles. The Morgan fingerprint density at radius 1 is 1.19 bits per heavy atom. The highest BCUT2D eigenvalue weighted by Gasteiger charge is 2.21. The molecule has 0 amide bonds. The molecule has 0 atom stereocenters. The predicted molar refractivity (Wildman–Crippen MR) is 109 cm³/mol. The number of nitrogens with zero attached hydrogens (tertiary/aromatic N) is 5. The fourth-order valence-electron chi connectivity index (χ4n) is 3.76. The quantitative estimate of drug-likeness (QED) is 0.534. The number of aromatic hydroxyl groups is 1. The van der Waals surface area contributed by atoms with Crippen molar-refractivity contribution in [2.45, 2.75) is 32.7 Å². The van der Waals surface area contributed by atoms with Crippen molar-refractivity contribution >= 4 is 39.5 Å². The van der Waals surface area contributed by atoms with Crippen LogP contribution in [-0.2, 0) is 0 Å². The van der Waals surface area contributed by atoms with Crippen LogP contribution in [0.4, 0.5) is 0 Å². The average molecular weight is 405 g/mol. The predicted octanol–water partition coefficient (Wildman–Crippen LogP) is 3.48. The summed E-state index contributed by atoms with van der Waals surface area (Å²) >= 11 is 1.57. The molecule has 0 bridgehead atoms. The topological polar surface area (TPSA) is 80.3 Å². The summed E-state index contributed by atoms with van der Waals surface area (Å²) in [4.78, 5) is 6.34. The lowest BCUT2D eigenvalue weighted by molar-refractivity contribution is 0.345. The van der Waals surface area contributed by atoms with E-state index in [4.69, 9.17) is 5.10 Å². The number of piperidine rings is 1. The summed E-state index contributed by atoms with van der Waals surface area (Å²) in [5.74, 6) is 0.185. The van der Waals surface area contributed by atoms with Gasteiger partial charge in [0.05, 0.1) is 28.5 Å². The van der Waals surface area contributed by atoms with E-state index in [1.165, 1.54) is 0 Å². The van der Waals surface area contributed by atoms with E-state index in [0.29, 0.717) is 17.3 Å². The second-order valence-electron chi connectivity index (χ2n) is 6.92. The van der Waals surface area contributed by atoms with Gasteiger partial charge in [-0.25, -0.2) is 4.52 Å². The number of aromatic nitrogens is 5. The first-order valence-corrected chi connectivity index (χ1v) is 9.67. The van der Waals surface area contributed by atoms with Gasteiger partial charge in [-0.15, -0.1) is 23.7 Å². The summed E-state index contributed by atoms with van der Waals surface area (Å²) in [5, 5.41) is 24.5. The zero-order valence-electron chi connectivity index (χ0n) is 15.1. The molecule has 4 aromatic rings. The van der Waals surface area contributed by atoms with Crippen molar-refractivity contribution in [1.29, 1.82) is 0 Å². The Bertz CT molecular complexity index is 1090. The third kappa shape index (κ3) is 2.97. The molecule has 1 saturated heterocycles. The van der Waals surface area contributed by atoms with Crippen LogP contribution >= 0.6 is 23.7 Å². The van der Waals surface area contributed by atoms with Crippen LogP contribution in [0.15, 0.2) is 18.5 Å². The highest BCUT2D eigenvalue weighted by atomic mass is 35.5. The molecule has 5 heterocycles. The second kappa shape index (κ2) is 6.78. The number of halogens is 1. The third-order valence-electron chi connectivity index (χ3n) is 5.02. The molecule has 0 spiro atoms. The van der Waals surface area contributed by atoms with Crippen LogP contribution in [0.3, 0.4) is 0 Å². The molecule has 142 valence electrons. The Labute approximate surface area is 166 Å². The van der Waals surface area contributed by atoms with E-state index in [2.05, 4.69) is 32.3 Å². The van der Waals surface area contributed by atoms with Crippen LogP contribution in [0.5, 0.6) is 5.75 Å². The highest BCUT2D eigenvalue weighted by molar-refractivity contribution is 7.21. The Hall–Kier alpha value is -2.16. The van der Waals surface area contributed by atoms with Crippen LogP contribution in [-0.4, -0.2) is 42.6 Å². The van der Waals surface area contributed by atoms with E-state index in [-0.39, 0.29) is 18.2 Å². The van der Waals surface area contributed by atoms with Crippen molar-refractivity contribution in [3.8, 4) is 16.3 Å². The van der Waals surface area contributed by atoms with Gasteiger partial charge in [-0.1, -0.05) is 0 Å². The van der Waals surface area contributed by atoms with E-state index < -0.39 is 0 Å². The molecular weight excluding hydrogens is 384 g/mol. The fraction of sp³-hybridized carbons (Fsp3) is 0.389. The van der Waals surface area contributed by atoms with E-state index >= 15 is 0 Å². The van der Waals surface area contributed by atoms with Gasteiger partial charge in [-0.3, -0.25) is 9.67 Å². The molecule has 0 radical (unpaired) electrons. The maximum atomic E-state index is 10.7. The summed E-state index contributed by atoms with van der Waals surface area (Å²) < 4.78 is 3.82. The second-order valence-corrected chi connectivity index (χ2v) is 7.95. The number of hydrogen-bond donors (Lipinski definition) is 2. The van der Waals surface area contributed by atoms with Crippen LogP contribution < -0.4 is 5.32 Å². The Kier molecular flexibility index (Phi) is 4.57. The molecule has 2 N–H and O–H groups in total. The minimum atomic E-state index is 0. The van der Waals surface area contributed by atoms with Gasteiger partial charge in [0.25, 0.3) is 0 Å². The third-order valence-corrected chi connectivity index (χ3v) is 6.06. The molecule has 1 fully saturated rings. The molecule has 1 aliphatic rings. The maximum Gasteiger partial charge on any atom is 0.172 e. The number of hydrogen-bond acceptors (Lipinski definition) is 6. The lowest BCUT2D eigenvalue weighted by Gasteiger charge is -2.22. The molecule has 4 aromatic heterocycles. The standard InChI is InChI=1S/C18H20N6OS.ClH/c1-10-8-24-16(11(2)20-10)17(25)15(21-24)14-7-12-9-23(22-18(12)26-14)13-3-5-19-6-4-13;/h7-9,13,19,25H,3-6H2,1-2H3;1H. The van der Waals surface area contributed by atoms with Gasteiger partial charge in [0, 0.05) is 11.6 Å². The monoisotopic (exact) mass is 404 g/mol. The highest BCUT2D eigenvalue weighted by Crippen LogP contribution is 2.39. The number of aryl methyl sites for hydroxylation is 2. The Morgan fingerprint density at radius 2 is 1.96 bits per heavy atom. The summed E-state index contributed by atoms with van der Waals surface area (Å²) in [6, 6.07) is 2.54. The first-order valence-electron chi connectivity index (χ1n) is 8.85. The number of rotatable bonds is 2. The van der Waals surface area contributed by atoms with Gasteiger partial charge in [0.15, 0.2) is 5.75 Å². The van der Waals surface area contributed by atoms with Crippen molar-refractivity contribution in [3.63, 3.8) is 0 Å². The SMILES string of the molecule is Cc1cn2nc(-c3cc4cn(C5CCNCC5)nc4s3)c(O)c2c(C)n1.Cl. The van der Waals surface area contributed by atoms with E-state index in [1.807, 2.05) is 20.0 Å². The van der Waals surface area contributed by atoms with Crippen LogP contribution in [0.25, 0.3) is 26.3 Å². The van der Waals surface area contributed by atoms with Crippen molar-refractivity contribution < 1.29 is 5.11 Å². The molecule has 7 nitrogen and oxygen atoms in total. The molecule has 0 saturated carbocycles. The van der Waals surface area contributed by atoms with Crippen molar-refractivity contribution in [3.05, 3.63) is 29.8 Å². The van der Waals surface area contributed by atoms with Gasteiger partial charge in [0.1, 0.15) is 16.0 Å². The molecule has 0 unspecified atom stereocenters. The average Bonchev–Trinajstić information content (AvgIpc) is 3.26. The minimum absolute atomic E-state index is 0. The summed E-state index contributed by atoms with van der Waals surface area (Å²) in [6.45, 7) is 5.91. The fourth-order valence-corrected chi connectivity index (χ4v) is 4.76. The number of thiophene rings is 1. The first kappa shape index (κ1) is 18.2. The summed E-state index contributed by atoms with van der Waals surface area (Å²) in [6.07, 6.45) is 6.18. The molecule has 5 rings (SSSR count). The first-order chi connectivity index (χ1) is 12.6. The van der Waals surface area contributed by atoms with Crippen LogP contribution in [0.2, 0.25) is 0 Å². The van der Waals surface area contributed by atoms with Gasteiger partial charge in [-0.05, 0) is 45.8 Å². The molecule has 27 heavy (non-hydrogen) atoms. The molecule has 9 heteroatoms. The molecular formula is C18H21ClN6OS. The van der Waals surface area contributed by atoms with Crippen LogP contribution in [0.1, 0.15) is 30.3 Å². The smallest absolute Gasteiger partial charge is 0.172 e. The van der Waals surface area contributed by atoms with E-state index in [9.17, 15) is 5.11 Å². The minimum Gasteiger partial charge on any atom is -0.504 e. The summed E-state index contributed by atoms with van der Waals surface area (Å²) in [5.41, 5.74) is 2.91. The van der Waals surface area contributed by atoms with Crippen LogP contribution in [0, 0.1) is 13.8 Å². The lowest BCUT2D eigenvalue weighted by atomic mass is 10.1.